The fraction of sp³-hybridized carbons (Fsp3) is 0.429. The Morgan fingerprint density at radius 1 is 1.31 bits per heavy atom. The number of halogens is 1. The van der Waals surface area contributed by atoms with Gasteiger partial charge in [0.05, 0.1) is 17.9 Å². The number of nitrogens with one attached hydrogen (secondary N) is 1. The van der Waals surface area contributed by atoms with Gasteiger partial charge in [0, 0.05) is 24.5 Å². The van der Waals surface area contributed by atoms with Gasteiger partial charge in [-0.1, -0.05) is 0 Å². The zero-order valence-corrected chi connectivity index (χ0v) is 16.5. The standard InChI is InChI=1S/C21H23FN6O/c1-12-5-6-16-15(10-14(22)11-23-16)17-4-3-8-27(17)18-7-9-28-20(25-18)19(13(2)26-28)21(29)24-12/h7,9-12,17H,3-6,8H2,1-2H3,(H,24,29)/t12-,17-/m1/s1. The van der Waals surface area contributed by atoms with Crippen LogP contribution in [0.15, 0.2) is 24.5 Å². The lowest BCUT2D eigenvalue weighted by molar-refractivity contribution is 0.0939. The molecule has 5 heterocycles. The quantitative estimate of drug-likeness (QED) is 0.634. The van der Waals surface area contributed by atoms with Crippen molar-refractivity contribution in [3.8, 4) is 0 Å². The third-order valence-electron chi connectivity index (χ3n) is 5.94. The molecule has 2 atom stereocenters. The number of nitrogens with zero attached hydrogens (tertiary/aromatic N) is 5. The second-order valence-corrected chi connectivity index (χ2v) is 7.97. The molecule has 0 aliphatic carbocycles. The van der Waals surface area contributed by atoms with Crippen molar-refractivity contribution in [2.75, 3.05) is 11.4 Å². The van der Waals surface area contributed by atoms with Crippen LogP contribution in [-0.2, 0) is 6.42 Å². The van der Waals surface area contributed by atoms with Crippen LogP contribution in [-0.4, -0.2) is 38.1 Å². The Morgan fingerprint density at radius 3 is 3.03 bits per heavy atom. The van der Waals surface area contributed by atoms with Crippen molar-refractivity contribution in [3.05, 3.63) is 52.9 Å². The molecule has 0 saturated carbocycles. The van der Waals surface area contributed by atoms with Gasteiger partial charge < -0.3 is 10.2 Å². The fourth-order valence-corrected chi connectivity index (χ4v) is 4.52. The Balaban J connectivity index is 1.70. The summed E-state index contributed by atoms with van der Waals surface area (Å²) in [6.45, 7) is 4.63. The molecule has 0 radical (unpaired) electrons. The van der Waals surface area contributed by atoms with Gasteiger partial charge in [-0.3, -0.25) is 9.78 Å². The van der Waals surface area contributed by atoms with Crippen LogP contribution in [0.5, 0.6) is 0 Å². The first-order valence-corrected chi connectivity index (χ1v) is 10.1. The zero-order valence-electron chi connectivity index (χ0n) is 16.5. The number of carbonyl (C=O) groups excluding carboxylic acids is 1. The summed E-state index contributed by atoms with van der Waals surface area (Å²) in [5.41, 5.74) is 3.53. The van der Waals surface area contributed by atoms with E-state index in [0.717, 1.165) is 42.9 Å². The average molecular weight is 394 g/mol. The van der Waals surface area contributed by atoms with E-state index < -0.39 is 0 Å². The second-order valence-electron chi connectivity index (χ2n) is 7.97. The number of rotatable bonds is 0. The molecule has 0 aromatic carbocycles. The molecule has 150 valence electrons. The van der Waals surface area contributed by atoms with Crippen LogP contribution >= 0.6 is 0 Å². The molecule has 7 nitrogen and oxygen atoms in total. The highest BCUT2D eigenvalue weighted by Gasteiger charge is 2.31. The van der Waals surface area contributed by atoms with Crippen LogP contribution in [0.25, 0.3) is 5.65 Å². The van der Waals surface area contributed by atoms with Crippen molar-refractivity contribution < 1.29 is 9.18 Å². The summed E-state index contributed by atoms with van der Waals surface area (Å²) in [4.78, 5) is 24.4. The maximum absolute atomic E-state index is 14.1. The molecule has 1 fully saturated rings. The van der Waals surface area contributed by atoms with Gasteiger partial charge in [-0.2, -0.15) is 5.10 Å². The molecule has 1 amide bonds. The predicted molar refractivity (Wildman–Crippen MR) is 106 cm³/mol. The number of amides is 1. The minimum atomic E-state index is -0.321. The lowest BCUT2D eigenvalue weighted by atomic mass is 9.98. The van der Waals surface area contributed by atoms with E-state index in [-0.39, 0.29) is 23.8 Å². The lowest BCUT2D eigenvalue weighted by Crippen LogP contribution is -2.33. The molecule has 3 aromatic heterocycles. The summed E-state index contributed by atoms with van der Waals surface area (Å²) in [6.07, 6.45) is 6.43. The zero-order chi connectivity index (χ0) is 20.1. The highest BCUT2D eigenvalue weighted by atomic mass is 19.1. The predicted octanol–water partition coefficient (Wildman–Crippen LogP) is 2.98. The molecule has 2 aliphatic heterocycles. The topological polar surface area (TPSA) is 75.4 Å². The maximum Gasteiger partial charge on any atom is 0.257 e. The van der Waals surface area contributed by atoms with Crippen LogP contribution in [0.2, 0.25) is 0 Å². The molecule has 5 rings (SSSR count). The summed E-state index contributed by atoms with van der Waals surface area (Å²) >= 11 is 0. The normalized spacial score (nSPS) is 21.9. The van der Waals surface area contributed by atoms with Crippen LogP contribution in [0.4, 0.5) is 10.2 Å². The molecule has 3 aromatic rings. The van der Waals surface area contributed by atoms with Gasteiger partial charge in [0.1, 0.15) is 17.2 Å². The van der Waals surface area contributed by atoms with E-state index in [0.29, 0.717) is 23.3 Å². The van der Waals surface area contributed by atoms with Crippen molar-refractivity contribution in [3.63, 3.8) is 0 Å². The van der Waals surface area contributed by atoms with E-state index in [1.807, 2.05) is 26.1 Å². The van der Waals surface area contributed by atoms with Crippen LogP contribution in [0, 0.1) is 12.7 Å². The Morgan fingerprint density at radius 2 is 2.17 bits per heavy atom. The second kappa shape index (κ2) is 6.79. The molecular weight excluding hydrogens is 371 g/mol. The van der Waals surface area contributed by atoms with Crippen molar-refractivity contribution in [2.24, 2.45) is 0 Å². The van der Waals surface area contributed by atoms with E-state index >= 15 is 0 Å². The largest absolute Gasteiger partial charge is 0.349 e. The summed E-state index contributed by atoms with van der Waals surface area (Å²) in [5.74, 6) is 0.286. The summed E-state index contributed by atoms with van der Waals surface area (Å²) in [5, 5.41) is 7.51. The number of aryl methyl sites for hydroxylation is 2. The average Bonchev–Trinajstić information content (AvgIpc) is 3.29. The highest BCUT2D eigenvalue weighted by Crippen LogP contribution is 2.37. The number of carbonyl (C=O) groups is 1. The molecule has 1 saturated heterocycles. The maximum atomic E-state index is 14.1. The highest BCUT2D eigenvalue weighted by molar-refractivity contribution is 6.01. The first kappa shape index (κ1) is 18.0. The van der Waals surface area contributed by atoms with Gasteiger partial charge in [0.15, 0.2) is 5.65 Å². The first-order valence-electron chi connectivity index (χ1n) is 10.1. The molecule has 8 heteroatoms. The van der Waals surface area contributed by atoms with Gasteiger partial charge in [-0.15, -0.1) is 0 Å². The monoisotopic (exact) mass is 394 g/mol. The van der Waals surface area contributed by atoms with E-state index in [2.05, 4.69) is 20.3 Å². The summed E-state index contributed by atoms with van der Waals surface area (Å²) < 4.78 is 15.8. The minimum Gasteiger partial charge on any atom is -0.349 e. The van der Waals surface area contributed by atoms with Crippen LogP contribution < -0.4 is 10.2 Å². The van der Waals surface area contributed by atoms with Crippen molar-refractivity contribution in [1.82, 2.24) is 24.9 Å². The van der Waals surface area contributed by atoms with Crippen molar-refractivity contribution in [1.29, 1.82) is 0 Å². The number of anilines is 1. The Labute approximate surface area is 168 Å². The summed E-state index contributed by atoms with van der Waals surface area (Å²) in [7, 11) is 0. The number of hydrogen-bond donors (Lipinski definition) is 1. The number of hydrogen-bond acceptors (Lipinski definition) is 5. The van der Waals surface area contributed by atoms with E-state index in [4.69, 9.17) is 4.98 Å². The molecule has 29 heavy (non-hydrogen) atoms. The molecule has 2 bridgehead atoms. The van der Waals surface area contributed by atoms with Crippen LogP contribution in [0.3, 0.4) is 0 Å². The van der Waals surface area contributed by atoms with Gasteiger partial charge in [0.2, 0.25) is 0 Å². The number of aromatic nitrogens is 4. The molecule has 0 unspecified atom stereocenters. The van der Waals surface area contributed by atoms with E-state index in [9.17, 15) is 9.18 Å². The van der Waals surface area contributed by atoms with Crippen LogP contribution in [0.1, 0.15) is 59.5 Å². The Hall–Kier alpha value is -3.03. The lowest BCUT2D eigenvalue weighted by Gasteiger charge is -2.27. The van der Waals surface area contributed by atoms with E-state index in [1.165, 1.54) is 6.20 Å². The van der Waals surface area contributed by atoms with Crippen molar-refractivity contribution >= 4 is 17.4 Å². The number of fused-ring (bicyclic) bond motifs is 5. The third kappa shape index (κ3) is 3.03. The molecular formula is C21H23FN6O. The van der Waals surface area contributed by atoms with Gasteiger partial charge in [-0.05, 0) is 57.2 Å². The first-order chi connectivity index (χ1) is 14.0. The van der Waals surface area contributed by atoms with Gasteiger partial charge >= 0.3 is 0 Å². The Bertz CT molecular complexity index is 1110. The van der Waals surface area contributed by atoms with Gasteiger partial charge in [-0.25, -0.2) is 13.9 Å². The molecule has 0 spiro atoms. The summed E-state index contributed by atoms with van der Waals surface area (Å²) in [6, 6.07) is 3.49. The molecule has 2 aliphatic rings. The fourth-order valence-electron chi connectivity index (χ4n) is 4.52. The smallest absolute Gasteiger partial charge is 0.257 e. The number of pyridine rings is 1. The minimum absolute atomic E-state index is 0.0235. The van der Waals surface area contributed by atoms with Crippen molar-refractivity contribution in [2.45, 2.75) is 51.6 Å². The Kier molecular flexibility index (Phi) is 4.22. The van der Waals surface area contributed by atoms with Gasteiger partial charge in [0.25, 0.3) is 5.91 Å². The SMILES string of the molecule is Cc1nn2ccc3nc2c1C(=O)N[C@H](C)CCc1ncc(F)cc1[C@H]1CCCN31. The van der Waals surface area contributed by atoms with E-state index in [1.54, 1.807) is 10.6 Å². The molecule has 1 N–H and O–H groups in total. The third-order valence-corrected chi connectivity index (χ3v) is 5.94.